The Hall–Kier alpha value is -2.25. The van der Waals surface area contributed by atoms with Gasteiger partial charge in [0.1, 0.15) is 12.7 Å². The molecule has 1 aromatic carbocycles. The first kappa shape index (κ1) is 18.5. The molecular weight excluding hydrogens is 330 g/mol. The van der Waals surface area contributed by atoms with Crippen LogP contribution in [-0.4, -0.2) is 68.9 Å². The molecule has 1 aliphatic heterocycles. The van der Waals surface area contributed by atoms with Gasteiger partial charge in [0.2, 0.25) is 5.91 Å². The van der Waals surface area contributed by atoms with Crippen molar-refractivity contribution in [2.45, 2.75) is 37.5 Å². The van der Waals surface area contributed by atoms with Gasteiger partial charge in [-0.2, -0.15) is 5.10 Å². The number of likely N-dealkylation sites (tertiary alicyclic amines) is 1. The molecule has 7 nitrogen and oxygen atoms in total. The summed E-state index contributed by atoms with van der Waals surface area (Å²) < 4.78 is 1.73. The Labute approximate surface area is 154 Å². The standard InChI is InChI=1S/C19H27N5O2/c1-22(2)19(16-7-4-3-5-8-16)10-12-23(13-17(19)25)18(26)9-6-11-24-15-20-14-21-24/h3-5,7-8,14-15,17,25H,6,9-13H2,1-2H3/t17-,19+/m1/s1. The summed E-state index contributed by atoms with van der Waals surface area (Å²) in [6, 6.07) is 10.1. The first-order valence-electron chi connectivity index (χ1n) is 9.05. The van der Waals surface area contributed by atoms with Crippen LogP contribution >= 0.6 is 0 Å². The van der Waals surface area contributed by atoms with Gasteiger partial charge in [-0.05, 0) is 32.5 Å². The quantitative estimate of drug-likeness (QED) is 0.838. The number of benzene rings is 1. The Morgan fingerprint density at radius 1 is 1.35 bits per heavy atom. The third kappa shape index (κ3) is 3.64. The van der Waals surface area contributed by atoms with Crippen molar-refractivity contribution < 1.29 is 9.90 Å². The monoisotopic (exact) mass is 357 g/mol. The van der Waals surface area contributed by atoms with E-state index in [0.29, 0.717) is 38.9 Å². The zero-order valence-electron chi connectivity index (χ0n) is 15.5. The number of likely N-dealkylation sites (N-methyl/N-ethyl adjacent to an activating group) is 1. The van der Waals surface area contributed by atoms with Crippen molar-refractivity contribution in [3.05, 3.63) is 48.5 Å². The van der Waals surface area contributed by atoms with Crippen LogP contribution in [0.3, 0.4) is 0 Å². The summed E-state index contributed by atoms with van der Waals surface area (Å²) in [7, 11) is 3.98. The van der Waals surface area contributed by atoms with Gasteiger partial charge in [-0.1, -0.05) is 30.3 Å². The average Bonchev–Trinajstić information content (AvgIpc) is 3.15. The van der Waals surface area contributed by atoms with Crippen LogP contribution in [0.4, 0.5) is 0 Å². The number of nitrogens with zero attached hydrogens (tertiary/aromatic N) is 5. The summed E-state index contributed by atoms with van der Waals surface area (Å²) in [4.78, 5) is 20.3. The highest BCUT2D eigenvalue weighted by atomic mass is 16.3. The lowest BCUT2D eigenvalue weighted by molar-refractivity contribution is -0.140. The van der Waals surface area contributed by atoms with Gasteiger partial charge in [0, 0.05) is 26.1 Å². The van der Waals surface area contributed by atoms with Crippen LogP contribution in [0, 0.1) is 0 Å². The number of aromatic nitrogens is 3. The molecule has 3 rings (SSSR count). The zero-order valence-corrected chi connectivity index (χ0v) is 15.5. The molecule has 0 saturated carbocycles. The van der Waals surface area contributed by atoms with E-state index in [0.717, 1.165) is 5.56 Å². The number of β-amino-alcohol motifs (C(OH)–C–C–N with tert-alkyl or cyclic N) is 1. The van der Waals surface area contributed by atoms with Crippen molar-refractivity contribution in [3.63, 3.8) is 0 Å². The van der Waals surface area contributed by atoms with Gasteiger partial charge in [0.25, 0.3) is 0 Å². The minimum Gasteiger partial charge on any atom is -0.389 e. The predicted molar refractivity (Wildman–Crippen MR) is 98.3 cm³/mol. The lowest BCUT2D eigenvalue weighted by atomic mass is 9.77. The van der Waals surface area contributed by atoms with Gasteiger partial charge in [-0.25, -0.2) is 4.98 Å². The number of aliphatic hydroxyl groups excluding tert-OH is 1. The largest absolute Gasteiger partial charge is 0.389 e. The second-order valence-electron chi connectivity index (χ2n) is 7.05. The fourth-order valence-corrected chi connectivity index (χ4v) is 3.89. The molecule has 1 amide bonds. The normalized spacial score (nSPS) is 23.4. The molecule has 0 spiro atoms. The number of hydrogen-bond donors (Lipinski definition) is 1. The van der Waals surface area contributed by atoms with Crippen molar-refractivity contribution in [2.24, 2.45) is 0 Å². The van der Waals surface area contributed by atoms with Crippen molar-refractivity contribution in [3.8, 4) is 0 Å². The molecule has 2 heterocycles. The van der Waals surface area contributed by atoms with Gasteiger partial charge in [0.05, 0.1) is 11.6 Å². The smallest absolute Gasteiger partial charge is 0.222 e. The molecule has 0 radical (unpaired) electrons. The maximum atomic E-state index is 12.5. The Morgan fingerprint density at radius 2 is 2.12 bits per heavy atom. The summed E-state index contributed by atoms with van der Waals surface area (Å²) in [6.07, 6.45) is 4.39. The summed E-state index contributed by atoms with van der Waals surface area (Å²) in [5, 5.41) is 15.0. The lowest BCUT2D eigenvalue weighted by Crippen LogP contribution is -2.60. The maximum Gasteiger partial charge on any atom is 0.222 e. The predicted octanol–water partition coefficient (Wildman–Crippen LogP) is 1.11. The molecule has 1 fully saturated rings. The molecule has 1 aliphatic rings. The third-order valence-electron chi connectivity index (χ3n) is 5.38. The van der Waals surface area contributed by atoms with Gasteiger partial charge in [-0.15, -0.1) is 0 Å². The highest BCUT2D eigenvalue weighted by Gasteiger charge is 2.46. The average molecular weight is 357 g/mol. The van der Waals surface area contributed by atoms with E-state index in [-0.39, 0.29) is 5.91 Å². The van der Waals surface area contributed by atoms with E-state index in [1.54, 1.807) is 15.9 Å². The first-order chi connectivity index (χ1) is 12.5. The summed E-state index contributed by atoms with van der Waals surface area (Å²) in [5.74, 6) is 0.0876. The Balaban J connectivity index is 1.62. The fourth-order valence-electron chi connectivity index (χ4n) is 3.89. The molecule has 2 atom stereocenters. The minimum atomic E-state index is -0.632. The first-order valence-corrected chi connectivity index (χ1v) is 9.05. The molecule has 1 aromatic heterocycles. The molecule has 26 heavy (non-hydrogen) atoms. The summed E-state index contributed by atoms with van der Waals surface area (Å²) >= 11 is 0. The van der Waals surface area contributed by atoms with Crippen LogP contribution in [0.1, 0.15) is 24.8 Å². The van der Waals surface area contributed by atoms with Crippen LogP contribution in [-0.2, 0) is 16.9 Å². The van der Waals surface area contributed by atoms with Crippen LogP contribution < -0.4 is 0 Å². The van der Waals surface area contributed by atoms with Crippen molar-refractivity contribution >= 4 is 5.91 Å². The minimum absolute atomic E-state index is 0.0876. The molecule has 0 unspecified atom stereocenters. The fraction of sp³-hybridized carbons (Fsp3) is 0.526. The molecule has 2 aromatic rings. The summed E-state index contributed by atoms with van der Waals surface area (Å²) in [6.45, 7) is 1.68. The van der Waals surface area contributed by atoms with E-state index >= 15 is 0 Å². The Morgan fingerprint density at radius 3 is 2.73 bits per heavy atom. The highest BCUT2D eigenvalue weighted by Crippen LogP contribution is 2.37. The maximum absolute atomic E-state index is 12.5. The van der Waals surface area contributed by atoms with E-state index in [1.807, 2.05) is 32.3 Å². The molecule has 1 N–H and O–H groups in total. The SMILES string of the molecule is CN(C)[C@]1(c2ccccc2)CCN(C(=O)CCCn2cncn2)C[C@H]1O. The number of carbonyl (C=O) groups is 1. The molecule has 140 valence electrons. The Bertz CT molecular complexity index is 704. The van der Waals surface area contributed by atoms with Gasteiger partial charge in [0.15, 0.2) is 0 Å². The summed E-state index contributed by atoms with van der Waals surface area (Å²) in [5.41, 5.74) is 0.634. The topological polar surface area (TPSA) is 74.5 Å². The van der Waals surface area contributed by atoms with E-state index in [2.05, 4.69) is 27.1 Å². The van der Waals surface area contributed by atoms with E-state index in [4.69, 9.17) is 0 Å². The number of aliphatic hydroxyl groups is 1. The third-order valence-corrected chi connectivity index (χ3v) is 5.38. The van der Waals surface area contributed by atoms with Crippen LogP contribution in [0.2, 0.25) is 0 Å². The number of piperidine rings is 1. The molecular formula is C19H27N5O2. The van der Waals surface area contributed by atoms with E-state index < -0.39 is 11.6 Å². The van der Waals surface area contributed by atoms with E-state index in [9.17, 15) is 9.90 Å². The van der Waals surface area contributed by atoms with Crippen molar-refractivity contribution in [1.82, 2.24) is 24.6 Å². The molecule has 0 bridgehead atoms. The number of rotatable bonds is 6. The molecule has 7 heteroatoms. The second-order valence-corrected chi connectivity index (χ2v) is 7.05. The molecule has 0 aliphatic carbocycles. The zero-order chi connectivity index (χ0) is 18.6. The van der Waals surface area contributed by atoms with E-state index in [1.165, 1.54) is 6.33 Å². The van der Waals surface area contributed by atoms with Gasteiger partial charge < -0.3 is 10.0 Å². The van der Waals surface area contributed by atoms with Gasteiger partial charge in [-0.3, -0.25) is 14.4 Å². The van der Waals surface area contributed by atoms with Crippen LogP contribution in [0.15, 0.2) is 43.0 Å². The number of amides is 1. The second kappa shape index (κ2) is 7.97. The number of aryl methyl sites for hydroxylation is 1. The van der Waals surface area contributed by atoms with Gasteiger partial charge >= 0.3 is 0 Å². The molecule has 1 saturated heterocycles. The lowest BCUT2D eigenvalue weighted by Gasteiger charge is -2.49. The number of carbonyl (C=O) groups excluding carboxylic acids is 1. The van der Waals surface area contributed by atoms with Crippen molar-refractivity contribution in [2.75, 3.05) is 27.2 Å². The highest BCUT2D eigenvalue weighted by molar-refractivity contribution is 5.76. The number of hydrogen-bond acceptors (Lipinski definition) is 5. The Kier molecular flexibility index (Phi) is 5.68. The van der Waals surface area contributed by atoms with Crippen LogP contribution in [0.25, 0.3) is 0 Å². The van der Waals surface area contributed by atoms with Crippen LogP contribution in [0.5, 0.6) is 0 Å². The van der Waals surface area contributed by atoms with Crippen molar-refractivity contribution in [1.29, 1.82) is 0 Å².